The normalized spacial score (nSPS) is 10.4. The van der Waals surface area contributed by atoms with Crippen molar-refractivity contribution in [1.29, 1.82) is 0 Å². The third-order valence-electron chi connectivity index (χ3n) is 2.35. The molecule has 0 amide bonds. The molecule has 5 heteroatoms. The number of aromatic nitrogens is 2. The average Bonchev–Trinajstić information content (AvgIpc) is 2.67. The van der Waals surface area contributed by atoms with Gasteiger partial charge < -0.3 is 15.5 Å². The maximum Gasteiger partial charge on any atom is 0.134 e. The fourth-order valence-electron chi connectivity index (χ4n) is 1.39. The largest absolute Gasteiger partial charge is 0.465 e. The highest BCUT2D eigenvalue weighted by molar-refractivity contribution is 5.53. The first-order valence-electron chi connectivity index (χ1n) is 5.03. The lowest BCUT2D eigenvalue weighted by Crippen LogP contribution is -2.05. The minimum absolute atomic E-state index is 0.494. The molecule has 0 atom stereocenters. The van der Waals surface area contributed by atoms with Crippen molar-refractivity contribution in [3.8, 4) is 0 Å². The molecule has 0 aliphatic rings. The van der Waals surface area contributed by atoms with Crippen LogP contribution in [0.2, 0.25) is 0 Å². The number of rotatable bonds is 3. The molecule has 0 aliphatic carbocycles. The van der Waals surface area contributed by atoms with Crippen LogP contribution in [0.1, 0.15) is 17.1 Å². The standard InChI is InChI=1S/C11H14N4O/c1-7-3-4-9(16-7)5-13-11-8(2)10(12)14-6-15-11/h3-4,6H,5H2,1-2H3,(H3,12,13,14,15). The molecular formula is C11H14N4O. The van der Waals surface area contributed by atoms with E-state index < -0.39 is 0 Å². The predicted octanol–water partition coefficient (Wildman–Crippen LogP) is 1.88. The fraction of sp³-hybridized carbons (Fsp3) is 0.273. The zero-order valence-corrected chi connectivity index (χ0v) is 9.32. The highest BCUT2D eigenvalue weighted by Crippen LogP contribution is 2.16. The smallest absolute Gasteiger partial charge is 0.134 e. The van der Waals surface area contributed by atoms with Gasteiger partial charge in [0.1, 0.15) is 29.5 Å². The summed E-state index contributed by atoms with van der Waals surface area (Å²) in [5.41, 5.74) is 6.53. The Labute approximate surface area is 93.7 Å². The van der Waals surface area contributed by atoms with E-state index in [0.29, 0.717) is 12.4 Å². The Morgan fingerprint density at radius 1 is 1.31 bits per heavy atom. The molecular weight excluding hydrogens is 204 g/mol. The first-order chi connectivity index (χ1) is 7.66. The van der Waals surface area contributed by atoms with Crippen molar-refractivity contribution < 1.29 is 4.42 Å². The van der Waals surface area contributed by atoms with Crippen LogP contribution in [-0.4, -0.2) is 9.97 Å². The number of hydrogen-bond donors (Lipinski definition) is 2. The van der Waals surface area contributed by atoms with Gasteiger partial charge in [-0.05, 0) is 26.0 Å². The van der Waals surface area contributed by atoms with E-state index in [4.69, 9.17) is 10.2 Å². The van der Waals surface area contributed by atoms with Crippen molar-refractivity contribution in [2.75, 3.05) is 11.1 Å². The van der Waals surface area contributed by atoms with Gasteiger partial charge in [0.2, 0.25) is 0 Å². The van der Waals surface area contributed by atoms with Crippen LogP contribution in [0.15, 0.2) is 22.9 Å². The topological polar surface area (TPSA) is 77.0 Å². The summed E-state index contributed by atoms with van der Waals surface area (Å²) in [7, 11) is 0. The number of anilines is 2. The van der Waals surface area contributed by atoms with E-state index in [1.54, 1.807) is 0 Å². The molecule has 3 N–H and O–H groups in total. The van der Waals surface area contributed by atoms with Crippen LogP contribution in [0, 0.1) is 13.8 Å². The maximum atomic E-state index is 5.68. The monoisotopic (exact) mass is 218 g/mol. The van der Waals surface area contributed by atoms with Crippen molar-refractivity contribution in [2.45, 2.75) is 20.4 Å². The summed E-state index contributed by atoms with van der Waals surface area (Å²) in [4.78, 5) is 8.02. The van der Waals surface area contributed by atoms with E-state index in [2.05, 4.69) is 15.3 Å². The van der Waals surface area contributed by atoms with Crippen molar-refractivity contribution in [3.05, 3.63) is 35.5 Å². The Balaban J connectivity index is 2.07. The number of hydrogen-bond acceptors (Lipinski definition) is 5. The Bertz CT molecular complexity index is 492. The van der Waals surface area contributed by atoms with Gasteiger partial charge in [0, 0.05) is 5.56 Å². The lowest BCUT2D eigenvalue weighted by Gasteiger charge is -2.07. The van der Waals surface area contributed by atoms with Gasteiger partial charge in [-0.2, -0.15) is 0 Å². The van der Waals surface area contributed by atoms with E-state index in [0.717, 1.165) is 22.9 Å². The first-order valence-corrected chi connectivity index (χ1v) is 5.03. The molecule has 0 bridgehead atoms. The molecule has 0 fully saturated rings. The van der Waals surface area contributed by atoms with Crippen molar-refractivity contribution in [2.24, 2.45) is 0 Å². The van der Waals surface area contributed by atoms with Crippen LogP contribution < -0.4 is 11.1 Å². The Hall–Kier alpha value is -2.04. The van der Waals surface area contributed by atoms with Crippen molar-refractivity contribution in [3.63, 3.8) is 0 Å². The molecule has 0 radical (unpaired) electrons. The van der Waals surface area contributed by atoms with Gasteiger partial charge in [-0.3, -0.25) is 0 Å². The lowest BCUT2D eigenvalue weighted by molar-refractivity contribution is 0.490. The SMILES string of the molecule is Cc1ccc(CNc2ncnc(N)c2C)o1. The maximum absolute atomic E-state index is 5.68. The van der Waals surface area contributed by atoms with E-state index in [1.807, 2.05) is 26.0 Å². The van der Waals surface area contributed by atoms with Gasteiger partial charge in [-0.25, -0.2) is 9.97 Å². The van der Waals surface area contributed by atoms with Crippen LogP contribution >= 0.6 is 0 Å². The van der Waals surface area contributed by atoms with Gasteiger partial charge >= 0.3 is 0 Å². The van der Waals surface area contributed by atoms with Gasteiger partial charge in [0.15, 0.2) is 0 Å². The third kappa shape index (κ3) is 2.13. The molecule has 0 unspecified atom stereocenters. The fourth-order valence-corrected chi connectivity index (χ4v) is 1.39. The Kier molecular flexibility index (Phi) is 2.76. The molecule has 0 aromatic carbocycles. The number of furan rings is 1. The second-order valence-corrected chi connectivity index (χ2v) is 3.60. The number of nitrogens with zero attached hydrogens (tertiary/aromatic N) is 2. The van der Waals surface area contributed by atoms with Gasteiger partial charge in [-0.1, -0.05) is 0 Å². The summed E-state index contributed by atoms with van der Waals surface area (Å²) in [6.07, 6.45) is 1.44. The van der Waals surface area contributed by atoms with E-state index in [-0.39, 0.29) is 0 Å². The number of nitrogens with one attached hydrogen (secondary N) is 1. The minimum Gasteiger partial charge on any atom is -0.465 e. The van der Waals surface area contributed by atoms with Crippen LogP contribution in [0.4, 0.5) is 11.6 Å². The predicted molar refractivity (Wildman–Crippen MR) is 62.0 cm³/mol. The van der Waals surface area contributed by atoms with Crippen LogP contribution in [-0.2, 0) is 6.54 Å². The lowest BCUT2D eigenvalue weighted by atomic mass is 10.3. The Morgan fingerprint density at radius 2 is 2.12 bits per heavy atom. The van der Waals surface area contributed by atoms with Crippen LogP contribution in [0.25, 0.3) is 0 Å². The van der Waals surface area contributed by atoms with Gasteiger partial charge in [-0.15, -0.1) is 0 Å². The van der Waals surface area contributed by atoms with Gasteiger partial charge in [0.25, 0.3) is 0 Å². The molecule has 2 aromatic heterocycles. The van der Waals surface area contributed by atoms with Crippen LogP contribution in [0.5, 0.6) is 0 Å². The molecule has 0 aliphatic heterocycles. The summed E-state index contributed by atoms with van der Waals surface area (Å²) < 4.78 is 5.44. The summed E-state index contributed by atoms with van der Waals surface area (Å²) in [5.74, 6) is 3.00. The zero-order valence-electron chi connectivity index (χ0n) is 9.32. The number of aryl methyl sites for hydroxylation is 1. The minimum atomic E-state index is 0.494. The Morgan fingerprint density at radius 3 is 2.81 bits per heavy atom. The zero-order chi connectivity index (χ0) is 11.5. The molecule has 2 aromatic rings. The highest BCUT2D eigenvalue weighted by atomic mass is 16.3. The third-order valence-corrected chi connectivity index (χ3v) is 2.35. The highest BCUT2D eigenvalue weighted by Gasteiger charge is 2.04. The molecule has 5 nitrogen and oxygen atoms in total. The first kappa shape index (κ1) is 10.5. The van der Waals surface area contributed by atoms with E-state index in [1.165, 1.54) is 6.33 Å². The second-order valence-electron chi connectivity index (χ2n) is 3.60. The molecule has 0 spiro atoms. The second kappa shape index (κ2) is 4.22. The molecule has 0 saturated heterocycles. The van der Waals surface area contributed by atoms with E-state index >= 15 is 0 Å². The van der Waals surface area contributed by atoms with Crippen molar-refractivity contribution in [1.82, 2.24) is 9.97 Å². The molecule has 2 heterocycles. The molecule has 84 valence electrons. The number of nitrogens with two attached hydrogens (primary N) is 1. The van der Waals surface area contributed by atoms with E-state index in [9.17, 15) is 0 Å². The van der Waals surface area contributed by atoms with Crippen LogP contribution in [0.3, 0.4) is 0 Å². The summed E-state index contributed by atoms with van der Waals surface area (Å²) in [6.45, 7) is 4.38. The summed E-state index contributed by atoms with van der Waals surface area (Å²) in [5, 5.41) is 3.16. The molecule has 16 heavy (non-hydrogen) atoms. The summed E-state index contributed by atoms with van der Waals surface area (Å²) in [6, 6.07) is 3.86. The van der Waals surface area contributed by atoms with Gasteiger partial charge in [0.05, 0.1) is 6.54 Å². The quantitative estimate of drug-likeness (QED) is 0.822. The number of nitrogen functional groups attached to an aromatic ring is 1. The van der Waals surface area contributed by atoms with Crippen molar-refractivity contribution >= 4 is 11.6 Å². The average molecular weight is 218 g/mol. The summed E-state index contributed by atoms with van der Waals surface area (Å²) >= 11 is 0. The molecule has 2 rings (SSSR count). The molecule has 0 saturated carbocycles.